The SMILES string of the molecule is CCCCC(CCC(=O)NCCC[Si](OC)(OC)OC)OC(=O)NCC1(C)CC(N=C=O)CC(C)(C)C1. The molecule has 3 atom stereocenters. The van der Waals surface area contributed by atoms with Gasteiger partial charge in [-0.15, -0.1) is 0 Å². The first kappa shape index (κ1) is 33.2. The van der Waals surface area contributed by atoms with Gasteiger partial charge in [-0.3, -0.25) is 4.79 Å². The zero-order valence-electron chi connectivity index (χ0n) is 23.9. The third kappa shape index (κ3) is 12.5. The van der Waals surface area contributed by atoms with E-state index in [4.69, 9.17) is 18.0 Å². The minimum Gasteiger partial charge on any atom is -0.446 e. The summed E-state index contributed by atoms with van der Waals surface area (Å²) in [6, 6.07) is 0.523. The van der Waals surface area contributed by atoms with Crippen molar-refractivity contribution in [1.82, 2.24) is 10.6 Å². The van der Waals surface area contributed by atoms with Gasteiger partial charge in [-0.1, -0.05) is 40.5 Å². The molecule has 0 heterocycles. The van der Waals surface area contributed by atoms with E-state index >= 15 is 0 Å². The lowest BCUT2D eigenvalue weighted by Gasteiger charge is -2.45. The molecule has 2 amide bonds. The van der Waals surface area contributed by atoms with Gasteiger partial charge in [-0.05, 0) is 49.4 Å². The normalized spacial score (nSPS) is 22.0. The van der Waals surface area contributed by atoms with Crippen molar-refractivity contribution in [3.63, 3.8) is 0 Å². The van der Waals surface area contributed by atoms with Crippen LogP contribution in [0.15, 0.2) is 4.99 Å². The first-order chi connectivity index (χ1) is 17.5. The minimum absolute atomic E-state index is 0.0149. The standard InChI is InChI=1S/C26H49N3O7Si/c1-8-9-11-22(12-13-23(31)27-14-10-15-37(33-5,34-6)35-7)36-24(32)28-19-26(4)17-21(29-20-30)16-25(2,3)18-26/h21-22H,8-19H2,1-7H3,(H,27,31)(H,28,32). The van der Waals surface area contributed by atoms with Crippen LogP contribution < -0.4 is 10.6 Å². The Kier molecular flexibility index (Phi) is 14.6. The molecule has 1 aliphatic rings. The van der Waals surface area contributed by atoms with Crippen molar-refractivity contribution < 1.29 is 32.4 Å². The van der Waals surface area contributed by atoms with Gasteiger partial charge in [0.2, 0.25) is 12.0 Å². The van der Waals surface area contributed by atoms with Crippen molar-refractivity contribution >= 4 is 26.9 Å². The summed E-state index contributed by atoms with van der Waals surface area (Å²) >= 11 is 0. The topological polar surface area (TPSA) is 125 Å². The summed E-state index contributed by atoms with van der Waals surface area (Å²) in [4.78, 5) is 39.8. The van der Waals surface area contributed by atoms with Crippen LogP contribution in [0.4, 0.5) is 4.79 Å². The third-order valence-electron chi connectivity index (χ3n) is 7.08. The molecule has 0 aromatic rings. The van der Waals surface area contributed by atoms with Crippen LogP contribution in [-0.2, 0) is 27.6 Å². The van der Waals surface area contributed by atoms with Crippen molar-refractivity contribution in [2.75, 3.05) is 34.4 Å². The maximum atomic E-state index is 12.7. The number of nitrogens with one attached hydrogen (secondary N) is 2. The molecule has 214 valence electrons. The fourth-order valence-electron chi connectivity index (χ4n) is 5.52. The van der Waals surface area contributed by atoms with E-state index in [1.54, 1.807) is 27.4 Å². The number of isocyanates is 1. The van der Waals surface area contributed by atoms with Crippen molar-refractivity contribution in [3.8, 4) is 0 Å². The first-order valence-electron chi connectivity index (χ1n) is 13.4. The van der Waals surface area contributed by atoms with E-state index in [-0.39, 0.29) is 35.3 Å². The van der Waals surface area contributed by atoms with Crippen LogP contribution in [0.25, 0.3) is 0 Å². The Morgan fingerprint density at radius 2 is 1.73 bits per heavy atom. The monoisotopic (exact) mass is 543 g/mol. The van der Waals surface area contributed by atoms with Crippen LogP contribution >= 0.6 is 0 Å². The quantitative estimate of drug-likeness (QED) is 0.121. The number of rotatable bonds is 17. The molecule has 37 heavy (non-hydrogen) atoms. The Bertz CT molecular complexity index is 748. The molecule has 0 bridgehead atoms. The zero-order chi connectivity index (χ0) is 28.0. The van der Waals surface area contributed by atoms with Crippen LogP contribution in [0.1, 0.15) is 85.5 Å². The van der Waals surface area contributed by atoms with E-state index in [0.29, 0.717) is 44.8 Å². The van der Waals surface area contributed by atoms with E-state index < -0.39 is 14.9 Å². The van der Waals surface area contributed by atoms with Crippen molar-refractivity contribution in [2.24, 2.45) is 15.8 Å². The first-order valence-corrected chi connectivity index (χ1v) is 15.3. The number of ether oxygens (including phenoxy) is 1. The van der Waals surface area contributed by atoms with Crippen LogP contribution in [-0.4, -0.2) is 73.4 Å². The Balaban J connectivity index is 2.52. The molecule has 0 aromatic heterocycles. The Labute approximate surface area is 224 Å². The summed E-state index contributed by atoms with van der Waals surface area (Å²) in [5.74, 6) is -0.0799. The molecule has 0 aromatic carbocycles. The highest BCUT2D eigenvalue weighted by molar-refractivity contribution is 6.60. The lowest BCUT2D eigenvalue weighted by atomic mass is 9.63. The highest BCUT2D eigenvalue weighted by Crippen LogP contribution is 2.46. The average molecular weight is 544 g/mol. The second-order valence-corrected chi connectivity index (χ2v) is 14.3. The smallest absolute Gasteiger partial charge is 0.446 e. The zero-order valence-corrected chi connectivity index (χ0v) is 24.9. The van der Waals surface area contributed by atoms with Gasteiger partial charge < -0.3 is 28.6 Å². The van der Waals surface area contributed by atoms with Crippen molar-refractivity contribution in [1.29, 1.82) is 0 Å². The van der Waals surface area contributed by atoms with E-state index in [0.717, 1.165) is 25.7 Å². The van der Waals surface area contributed by atoms with Gasteiger partial charge in [0.1, 0.15) is 6.10 Å². The van der Waals surface area contributed by atoms with Gasteiger partial charge >= 0.3 is 14.9 Å². The molecule has 0 saturated heterocycles. The Morgan fingerprint density at radius 1 is 1.05 bits per heavy atom. The largest absolute Gasteiger partial charge is 0.500 e. The molecular weight excluding hydrogens is 494 g/mol. The highest BCUT2D eigenvalue weighted by Gasteiger charge is 2.41. The summed E-state index contributed by atoms with van der Waals surface area (Å²) in [5.41, 5.74) is -0.180. The Hall–Kier alpha value is -1.78. The minimum atomic E-state index is -2.64. The van der Waals surface area contributed by atoms with Crippen LogP contribution in [0.3, 0.4) is 0 Å². The van der Waals surface area contributed by atoms with Gasteiger partial charge in [0.25, 0.3) is 0 Å². The average Bonchev–Trinajstić information content (AvgIpc) is 2.84. The summed E-state index contributed by atoms with van der Waals surface area (Å²) in [6.45, 7) is 9.45. The highest BCUT2D eigenvalue weighted by atomic mass is 28.4. The molecule has 1 rings (SSSR count). The van der Waals surface area contributed by atoms with Crippen molar-refractivity contribution in [2.45, 2.75) is 104 Å². The molecule has 11 heteroatoms. The fraction of sp³-hybridized carbons (Fsp3) is 0.885. The third-order valence-corrected chi connectivity index (χ3v) is 9.91. The van der Waals surface area contributed by atoms with Crippen LogP contribution in [0.5, 0.6) is 0 Å². The molecule has 0 radical (unpaired) electrons. The van der Waals surface area contributed by atoms with Crippen LogP contribution in [0, 0.1) is 10.8 Å². The number of amides is 2. The molecular formula is C26H49N3O7Si. The van der Waals surface area contributed by atoms with Gasteiger partial charge in [0.15, 0.2) is 0 Å². The maximum absolute atomic E-state index is 12.7. The molecule has 3 unspecified atom stereocenters. The number of aliphatic imine (C=N–C) groups is 1. The molecule has 1 fully saturated rings. The molecule has 1 saturated carbocycles. The number of alkyl carbamates (subject to hydrolysis) is 1. The Morgan fingerprint density at radius 3 is 2.32 bits per heavy atom. The van der Waals surface area contributed by atoms with E-state index in [1.807, 2.05) is 0 Å². The number of carbonyl (C=O) groups is 2. The van der Waals surface area contributed by atoms with E-state index in [1.165, 1.54) is 0 Å². The predicted molar refractivity (Wildman–Crippen MR) is 144 cm³/mol. The van der Waals surface area contributed by atoms with Gasteiger partial charge in [-0.25, -0.2) is 14.6 Å². The van der Waals surface area contributed by atoms with Gasteiger partial charge in [0, 0.05) is 46.9 Å². The summed E-state index contributed by atoms with van der Waals surface area (Å²) in [7, 11) is 2.07. The summed E-state index contributed by atoms with van der Waals surface area (Å²) < 4.78 is 21.9. The number of unbranched alkanes of at least 4 members (excludes halogenated alkanes) is 1. The van der Waals surface area contributed by atoms with Crippen LogP contribution in [0.2, 0.25) is 6.04 Å². The number of hydrogen-bond donors (Lipinski definition) is 2. The number of carbonyl (C=O) groups excluding carboxylic acids is 3. The molecule has 1 aliphatic carbocycles. The van der Waals surface area contributed by atoms with Gasteiger partial charge in [-0.2, -0.15) is 0 Å². The second-order valence-electron chi connectivity index (χ2n) is 11.2. The molecule has 0 spiro atoms. The lowest BCUT2D eigenvalue weighted by Crippen LogP contribution is -2.45. The maximum Gasteiger partial charge on any atom is 0.500 e. The van der Waals surface area contributed by atoms with E-state index in [9.17, 15) is 14.4 Å². The number of hydrogen-bond acceptors (Lipinski definition) is 8. The van der Waals surface area contributed by atoms with Gasteiger partial charge in [0.05, 0.1) is 6.04 Å². The lowest BCUT2D eigenvalue weighted by molar-refractivity contribution is -0.121. The van der Waals surface area contributed by atoms with E-state index in [2.05, 4.69) is 43.3 Å². The second kappa shape index (κ2) is 16.2. The summed E-state index contributed by atoms with van der Waals surface area (Å²) in [6.07, 6.45) is 7.37. The molecule has 2 N–H and O–H groups in total. The predicted octanol–water partition coefficient (Wildman–Crippen LogP) is 4.36. The van der Waals surface area contributed by atoms with Crippen molar-refractivity contribution in [3.05, 3.63) is 0 Å². The summed E-state index contributed by atoms with van der Waals surface area (Å²) in [5, 5.41) is 5.84. The number of nitrogens with zero attached hydrogens (tertiary/aromatic N) is 1. The molecule has 10 nitrogen and oxygen atoms in total. The molecule has 0 aliphatic heterocycles. The fourth-order valence-corrected chi connectivity index (χ4v) is 7.24.